The first-order valence-electron chi connectivity index (χ1n) is 7.76. The average molecular weight is 342 g/mol. The van der Waals surface area contributed by atoms with Gasteiger partial charge in [0.1, 0.15) is 0 Å². The second kappa shape index (κ2) is 5.79. The fourth-order valence-corrected chi connectivity index (χ4v) is 3.18. The Hall–Kier alpha value is -2.60. The molecule has 1 aliphatic rings. The highest BCUT2D eigenvalue weighted by molar-refractivity contribution is 6.30. The zero-order valence-corrected chi connectivity index (χ0v) is 13.9. The molecule has 7 heteroatoms. The molecule has 0 saturated heterocycles. The molecule has 4 heterocycles. The molecule has 0 bridgehead atoms. The maximum Gasteiger partial charge on any atom is 0.274 e. The van der Waals surface area contributed by atoms with Crippen LogP contribution in [0.4, 0.5) is 0 Å². The number of nitrogens with one attached hydrogen (secondary N) is 1. The molecule has 4 rings (SSSR count). The highest BCUT2D eigenvalue weighted by atomic mass is 35.5. The van der Waals surface area contributed by atoms with Gasteiger partial charge in [-0.1, -0.05) is 17.7 Å². The van der Waals surface area contributed by atoms with E-state index in [1.807, 2.05) is 23.2 Å². The molecule has 0 aliphatic carbocycles. The van der Waals surface area contributed by atoms with E-state index < -0.39 is 0 Å². The Balaban J connectivity index is 1.59. The van der Waals surface area contributed by atoms with Crippen LogP contribution in [0.15, 0.2) is 42.9 Å². The summed E-state index contributed by atoms with van der Waals surface area (Å²) in [6.45, 7) is 2.62. The fraction of sp³-hybridized carbons (Fsp3) is 0.235. The largest absolute Gasteiger partial charge is 0.361 e. The lowest BCUT2D eigenvalue weighted by Crippen LogP contribution is -2.41. The predicted octanol–water partition coefficient (Wildman–Crippen LogP) is 3.03. The maximum absolute atomic E-state index is 12.8. The van der Waals surface area contributed by atoms with E-state index in [0.29, 0.717) is 22.9 Å². The van der Waals surface area contributed by atoms with Gasteiger partial charge in [-0.25, -0.2) is 9.50 Å². The third kappa shape index (κ3) is 2.59. The summed E-state index contributed by atoms with van der Waals surface area (Å²) >= 11 is 5.91. The van der Waals surface area contributed by atoms with E-state index in [-0.39, 0.29) is 11.9 Å². The van der Waals surface area contributed by atoms with E-state index in [0.717, 1.165) is 12.1 Å². The van der Waals surface area contributed by atoms with Crippen molar-refractivity contribution in [1.82, 2.24) is 24.5 Å². The van der Waals surface area contributed by atoms with Crippen LogP contribution in [0.3, 0.4) is 0 Å². The highest BCUT2D eigenvalue weighted by Crippen LogP contribution is 2.26. The van der Waals surface area contributed by atoms with E-state index in [1.54, 1.807) is 18.5 Å². The van der Waals surface area contributed by atoms with Crippen molar-refractivity contribution in [2.24, 2.45) is 0 Å². The van der Waals surface area contributed by atoms with Gasteiger partial charge in [-0.3, -0.25) is 4.79 Å². The number of carbonyl (C=O) groups is 1. The van der Waals surface area contributed by atoms with E-state index in [1.165, 1.54) is 10.1 Å². The smallest absolute Gasteiger partial charge is 0.274 e. The fourth-order valence-electron chi connectivity index (χ4n) is 3.04. The van der Waals surface area contributed by atoms with E-state index in [2.05, 4.69) is 28.1 Å². The Bertz CT molecular complexity index is 928. The monoisotopic (exact) mass is 341 g/mol. The van der Waals surface area contributed by atoms with Gasteiger partial charge in [0.05, 0.1) is 11.2 Å². The molecular formula is C17H16ClN5O. The highest BCUT2D eigenvalue weighted by Gasteiger charge is 2.27. The van der Waals surface area contributed by atoms with E-state index in [9.17, 15) is 4.79 Å². The molecule has 0 saturated carbocycles. The Morgan fingerprint density at radius 1 is 1.46 bits per heavy atom. The van der Waals surface area contributed by atoms with Gasteiger partial charge >= 0.3 is 0 Å². The van der Waals surface area contributed by atoms with Gasteiger partial charge in [0, 0.05) is 36.7 Å². The zero-order valence-electron chi connectivity index (χ0n) is 13.1. The van der Waals surface area contributed by atoms with Gasteiger partial charge in [0.25, 0.3) is 5.91 Å². The second-order valence-electron chi connectivity index (χ2n) is 5.93. The summed E-state index contributed by atoms with van der Waals surface area (Å²) in [6, 6.07) is 5.82. The first-order valence-corrected chi connectivity index (χ1v) is 8.14. The number of nitrogens with zero attached hydrogens (tertiary/aromatic N) is 4. The van der Waals surface area contributed by atoms with Crippen LogP contribution in [0, 0.1) is 0 Å². The Kier molecular flexibility index (Phi) is 3.61. The van der Waals surface area contributed by atoms with Crippen molar-refractivity contribution in [2.45, 2.75) is 19.4 Å². The first kappa shape index (κ1) is 15.0. The average Bonchev–Trinajstić information content (AvgIpc) is 3.23. The van der Waals surface area contributed by atoms with Crippen LogP contribution in [0.25, 0.3) is 11.2 Å². The molecule has 1 atom stereocenters. The van der Waals surface area contributed by atoms with Gasteiger partial charge in [-0.2, -0.15) is 5.10 Å². The van der Waals surface area contributed by atoms with Gasteiger partial charge in [0.15, 0.2) is 11.3 Å². The number of hydrogen-bond donors (Lipinski definition) is 1. The lowest BCUT2D eigenvalue weighted by molar-refractivity contribution is 0.0705. The minimum atomic E-state index is -0.0918. The third-order valence-electron chi connectivity index (χ3n) is 4.29. The number of rotatable bonds is 2. The van der Waals surface area contributed by atoms with Crippen molar-refractivity contribution in [1.29, 1.82) is 0 Å². The van der Waals surface area contributed by atoms with Crippen LogP contribution in [0.2, 0.25) is 5.02 Å². The molecule has 0 fully saturated rings. The summed E-state index contributed by atoms with van der Waals surface area (Å²) < 4.78 is 1.53. The zero-order chi connectivity index (χ0) is 16.7. The number of hydrogen-bond acceptors (Lipinski definition) is 3. The van der Waals surface area contributed by atoms with Crippen molar-refractivity contribution >= 4 is 28.7 Å². The topological polar surface area (TPSA) is 66.3 Å². The van der Waals surface area contributed by atoms with Crippen molar-refractivity contribution in [3.05, 3.63) is 59.3 Å². The molecule has 1 amide bonds. The van der Waals surface area contributed by atoms with Crippen molar-refractivity contribution in [3.63, 3.8) is 0 Å². The second-order valence-corrected chi connectivity index (χ2v) is 6.36. The van der Waals surface area contributed by atoms with Gasteiger partial charge < -0.3 is 9.88 Å². The lowest BCUT2D eigenvalue weighted by Gasteiger charge is -2.32. The normalized spacial score (nSPS) is 18.0. The van der Waals surface area contributed by atoms with Gasteiger partial charge in [-0.15, -0.1) is 0 Å². The Labute approximate surface area is 143 Å². The number of aromatic amines is 1. The molecule has 1 N–H and O–H groups in total. The molecule has 1 unspecified atom stereocenters. The minimum absolute atomic E-state index is 0.0918. The molecule has 1 aliphatic heterocycles. The first-order chi connectivity index (χ1) is 11.6. The molecule has 3 aromatic heterocycles. The Morgan fingerprint density at radius 2 is 2.33 bits per heavy atom. The quantitative estimate of drug-likeness (QED) is 0.779. The maximum atomic E-state index is 12.8. The van der Waals surface area contributed by atoms with Gasteiger partial charge in [0.2, 0.25) is 0 Å². The van der Waals surface area contributed by atoms with Crippen LogP contribution >= 0.6 is 11.6 Å². The van der Waals surface area contributed by atoms with Crippen LogP contribution in [0.5, 0.6) is 0 Å². The predicted molar refractivity (Wildman–Crippen MR) is 91.9 cm³/mol. The molecule has 0 aromatic carbocycles. The summed E-state index contributed by atoms with van der Waals surface area (Å²) in [5.74, 6) is -0.0918. The Morgan fingerprint density at radius 3 is 3.08 bits per heavy atom. The molecule has 0 spiro atoms. The molecule has 6 nitrogen and oxygen atoms in total. The third-order valence-corrected chi connectivity index (χ3v) is 4.48. The summed E-state index contributed by atoms with van der Waals surface area (Å²) in [6.07, 6.45) is 8.00. The standard InChI is InChI=1S/C17H16ClN5O/c1-11-7-12(14-3-2-5-19-14)4-6-22(11)17(24)15-8-16-20-9-13(18)10-23(16)21-15/h2-5,8-11,19H,6-7H2,1H3. The van der Waals surface area contributed by atoms with Crippen molar-refractivity contribution in [2.75, 3.05) is 6.54 Å². The SMILES string of the molecule is CC1CC(c2ccc[nH]2)=CCN1C(=O)c1cc2ncc(Cl)cn2n1. The van der Waals surface area contributed by atoms with Crippen LogP contribution in [-0.2, 0) is 0 Å². The number of aromatic nitrogens is 4. The number of fused-ring (bicyclic) bond motifs is 1. The minimum Gasteiger partial charge on any atom is -0.361 e. The lowest BCUT2D eigenvalue weighted by atomic mass is 9.98. The summed E-state index contributed by atoms with van der Waals surface area (Å²) in [4.78, 5) is 22.0. The molecule has 0 radical (unpaired) electrons. The molecule has 122 valence electrons. The van der Waals surface area contributed by atoms with E-state index >= 15 is 0 Å². The molecule has 3 aromatic rings. The summed E-state index contributed by atoms with van der Waals surface area (Å²) in [5.41, 5.74) is 3.34. The number of halogens is 1. The number of H-pyrrole nitrogens is 1. The summed E-state index contributed by atoms with van der Waals surface area (Å²) in [5, 5.41) is 4.78. The van der Waals surface area contributed by atoms with Crippen LogP contribution in [0.1, 0.15) is 29.5 Å². The van der Waals surface area contributed by atoms with Crippen molar-refractivity contribution in [3.8, 4) is 0 Å². The number of carbonyl (C=O) groups excluding carboxylic acids is 1. The molecule has 24 heavy (non-hydrogen) atoms. The van der Waals surface area contributed by atoms with E-state index in [4.69, 9.17) is 11.6 Å². The molecular weight excluding hydrogens is 326 g/mol. The van der Waals surface area contributed by atoms with Gasteiger partial charge in [-0.05, 0) is 31.1 Å². The van der Waals surface area contributed by atoms with Crippen molar-refractivity contribution < 1.29 is 4.79 Å². The summed E-state index contributed by atoms with van der Waals surface area (Å²) in [7, 11) is 0. The number of amides is 1. The van der Waals surface area contributed by atoms with Crippen LogP contribution < -0.4 is 0 Å². The van der Waals surface area contributed by atoms with Crippen LogP contribution in [-0.4, -0.2) is 43.0 Å².